The lowest BCUT2D eigenvalue weighted by Gasteiger charge is -2.20. The summed E-state index contributed by atoms with van der Waals surface area (Å²) in [4.78, 5) is 2.30. The van der Waals surface area contributed by atoms with Crippen LogP contribution >= 0.6 is 23.5 Å². The van der Waals surface area contributed by atoms with E-state index in [0.29, 0.717) is 29.5 Å². The van der Waals surface area contributed by atoms with Crippen molar-refractivity contribution in [2.24, 2.45) is 11.8 Å². The average Bonchev–Trinajstić information content (AvgIpc) is 2.87. The van der Waals surface area contributed by atoms with Crippen molar-refractivity contribution in [3.8, 4) is 5.75 Å². The number of allylic oxidation sites excluding steroid dienone is 3. The Morgan fingerprint density at radius 3 is 2.93 bits per heavy atom. The first-order valence-corrected chi connectivity index (χ1v) is 12.3. The maximum Gasteiger partial charge on any atom is 0.132 e. The van der Waals surface area contributed by atoms with E-state index in [-0.39, 0.29) is 0 Å². The molecule has 0 bridgehead atoms. The van der Waals surface area contributed by atoms with Crippen LogP contribution in [-0.2, 0) is 4.74 Å². The van der Waals surface area contributed by atoms with Gasteiger partial charge in [0, 0.05) is 27.7 Å². The van der Waals surface area contributed by atoms with Crippen molar-refractivity contribution in [3.63, 3.8) is 0 Å². The number of phenols is 1. The number of hydrogen-bond donors (Lipinski definition) is 2. The van der Waals surface area contributed by atoms with Crippen LogP contribution in [0.5, 0.6) is 5.75 Å². The second kappa shape index (κ2) is 10.1. The topological polar surface area (TPSA) is 41.5 Å². The standard InChI is InChI=1S/C23H33NO2S2/c1-15(2)19-6-5-7-22(23(19)25)27-13-17(4)11-24-18-12-26-20-10-16(3)8-9-21(20)28-14-18/h5-9,15-18,24-25H,10-14H2,1-4H3/t16?,17-,18+/m0/s1. The monoisotopic (exact) mass is 419 g/mol. The first-order chi connectivity index (χ1) is 13.4. The van der Waals surface area contributed by atoms with Gasteiger partial charge in [0.2, 0.25) is 0 Å². The molecular formula is C23H33NO2S2. The molecule has 0 aromatic heterocycles. The first-order valence-electron chi connectivity index (χ1n) is 10.3. The molecule has 3 atom stereocenters. The fourth-order valence-corrected chi connectivity index (χ4v) is 5.49. The Kier molecular flexibility index (Phi) is 7.84. The number of para-hydroxylation sites is 1. The molecule has 0 saturated heterocycles. The molecule has 1 unspecified atom stereocenters. The van der Waals surface area contributed by atoms with Gasteiger partial charge in [-0.3, -0.25) is 0 Å². The van der Waals surface area contributed by atoms with Crippen molar-refractivity contribution in [3.05, 3.63) is 46.6 Å². The number of aromatic hydroxyl groups is 1. The van der Waals surface area contributed by atoms with E-state index in [9.17, 15) is 5.11 Å². The number of nitrogens with one attached hydrogen (secondary N) is 1. The second-order valence-corrected chi connectivity index (χ2v) is 10.4. The molecule has 1 aromatic rings. The summed E-state index contributed by atoms with van der Waals surface area (Å²) in [6.45, 7) is 10.5. The number of ether oxygens (including phenoxy) is 1. The quantitative estimate of drug-likeness (QED) is 0.549. The molecular weight excluding hydrogens is 386 g/mol. The molecule has 0 amide bonds. The van der Waals surface area contributed by atoms with Crippen LogP contribution in [0.3, 0.4) is 0 Å². The Labute approximate surface area is 178 Å². The van der Waals surface area contributed by atoms with Gasteiger partial charge in [0.25, 0.3) is 0 Å². The van der Waals surface area contributed by atoms with Gasteiger partial charge in [0.1, 0.15) is 18.1 Å². The molecule has 0 saturated carbocycles. The van der Waals surface area contributed by atoms with Crippen LogP contribution in [0.15, 0.2) is 45.9 Å². The van der Waals surface area contributed by atoms with Gasteiger partial charge in [0.15, 0.2) is 0 Å². The Hall–Kier alpha value is -1.04. The minimum absolute atomic E-state index is 0.338. The van der Waals surface area contributed by atoms with Crippen molar-refractivity contribution in [1.29, 1.82) is 0 Å². The van der Waals surface area contributed by atoms with E-state index in [2.05, 4.69) is 45.2 Å². The molecule has 0 spiro atoms. The Bertz CT molecular complexity index is 729. The molecule has 1 aromatic carbocycles. The number of hydrogen-bond acceptors (Lipinski definition) is 5. The predicted octanol–water partition coefficient (Wildman–Crippen LogP) is 5.77. The van der Waals surface area contributed by atoms with E-state index in [0.717, 1.165) is 41.5 Å². The summed E-state index contributed by atoms with van der Waals surface area (Å²) in [7, 11) is 0. The van der Waals surface area contributed by atoms with Crippen LogP contribution in [0.1, 0.15) is 45.6 Å². The van der Waals surface area contributed by atoms with Gasteiger partial charge in [-0.1, -0.05) is 45.9 Å². The summed E-state index contributed by atoms with van der Waals surface area (Å²) < 4.78 is 6.11. The van der Waals surface area contributed by atoms with Crippen molar-refractivity contribution in [2.75, 3.05) is 24.7 Å². The van der Waals surface area contributed by atoms with Crippen LogP contribution < -0.4 is 5.32 Å². The van der Waals surface area contributed by atoms with E-state index >= 15 is 0 Å². The van der Waals surface area contributed by atoms with Crippen LogP contribution in [0, 0.1) is 11.8 Å². The summed E-state index contributed by atoms with van der Waals surface area (Å²) in [5.74, 6) is 5.09. The lowest BCUT2D eigenvalue weighted by molar-refractivity contribution is 0.172. The molecule has 1 aliphatic carbocycles. The van der Waals surface area contributed by atoms with Gasteiger partial charge in [-0.25, -0.2) is 0 Å². The zero-order valence-electron chi connectivity index (χ0n) is 17.4. The highest BCUT2D eigenvalue weighted by Gasteiger charge is 2.22. The van der Waals surface area contributed by atoms with Crippen LogP contribution in [-0.4, -0.2) is 35.8 Å². The highest BCUT2D eigenvalue weighted by molar-refractivity contribution is 8.03. The summed E-state index contributed by atoms with van der Waals surface area (Å²) >= 11 is 3.66. The van der Waals surface area contributed by atoms with Gasteiger partial charge in [-0.15, -0.1) is 23.5 Å². The highest BCUT2D eigenvalue weighted by atomic mass is 32.2. The van der Waals surface area contributed by atoms with Crippen LogP contribution in [0.2, 0.25) is 0 Å². The van der Waals surface area contributed by atoms with Gasteiger partial charge >= 0.3 is 0 Å². The van der Waals surface area contributed by atoms with Crippen LogP contribution in [0.25, 0.3) is 0 Å². The van der Waals surface area contributed by atoms with Crippen molar-refractivity contribution in [1.82, 2.24) is 5.32 Å². The molecule has 154 valence electrons. The third-order valence-electron chi connectivity index (χ3n) is 5.19. The lowest BCUT2D eigenvalue weighted by Crippen LogP contribution is -2.38. The minimum Gasteiger partial charge on any atom is -0.506 e. The molecule has 2 N–H and O–H groups in total. The lowest BCUT2D eigenvalue weighted by atomic mass is 10.0. The second-order valence-electron chi connectivity index (χ2n) is 8.32. The SMILES string of the molecule is CC1C=CC2=C(C1)OC[C@@H](NC[C@H](C)CSc1cccc(C(C)C)c1O)CS2. The summed E-state index contributed by atoms with van der Waals surface area (Å²) in [5.41, 5.74) is 1.03. The zero-order valence-corrected chi connectivity index (χ0v) is 19.0. The van der Waals surface area contributed by atoms with Crippen molar-refractivity contribution in [2.45, 2.75) is 51.0 Å². The number of thioether (sulfide) groups is 2. The molecule has 3 rings (SSSR count). The number of rotatable bonds is 7. The first kappa shape index (κ1) is 21.7. The molecule has 1 heterocycles. The molecule has 1 aliphatic heterocycles. The van der Waals surface area contributed by atoms with E-state index in [4.69, 9.17) is 4.74 Å². The summed E-state index contributed by atoms with van der Waals surface area (Å²) in [6, 6.07) is 6.46. The zero-order chi connectivity index (χ0) is 20.1. The average molecular weight is 420 g/mol. The molecule has 3 nitrogen and oxygen atoms in total. The maximum absolute atomic E-state index is 10.5. The maximum atomic E-state index is 10.5. The number of benzene rings is 1. The molecule has 0 radical (unpaired) electrons. The number of phenolic OH excluding ortho intramolecular Hbond substituents is 1. The molecule has 5 heteroatoms. The van der Waals surface area contributed by atoms with Crippen molar-refractivity contribution >= 4 is 23.5 Å². The van der Waals surface area contributed by atoms with Crippen LogP contribution in [0.4, 0.5) is 0 Å². The van der Waals surface area contributed by atoms with E-state index in [1.54, 1.807) is 11.8 Å². The molecule has 2 aliphatic rings. The Balaban J connectivity index is 1.44. The van der Waals surface area contributed by atoms with Gasteiger partial charge in [-0.05, 0) is 42.0 Å². The summed E-state index contributed by atoms with van der Waals surface area (Å²) in [6.07, 6.45) is 5.54. The highest BCUT2D eigenvalue weighted by Crippen LogP contribution is 2.36. The third kappa shape index (κ3) is 5.74. The third-order valence-corrected chi connectivity index (χ3v) is 7.81. The van der Waals surface area contributed by atoms with E-state index < -0.39 is 0 Å². The molecule has 0 fully saturated rings. The smallest absolute Gasteiger partial charge is 0.132 e. The minimum atomic E-state index is 0.338. The Morgan fingerprint density at radius 1 is 1.32 bits per heavy atom. The van der Waals surface area contributed by atoms with Gasteiger partial charge < -0.3 is 15.2 Å². The van der Waals surface area contributed by atoms with Gasteiger partial charge in [0.05, 0.1) is 6.04 Å². The normalized spacial score (nSPS) is 23.3. The fourth-order valence-electron chi connectivity index (χ4n) is 3.40. The van der Waals surface area contributed by atoms with E-state index in [1.807, 2.05) is 30.0 Å². The van der Waals surface area contributed by atoms with Gasteiger partial charge in [-0.2, -0.15) is 0 Å². The largest absolute Gasteiger partial charge is 0.506 e. The van der Waals surface area contributed by atoms with E-state index in [1.165, 1.54) is 10.7 Å². The van der Waals surface area contributed by atoms with Crippen molar-refractivity contribution < 1.29 is 9.84 Å². The fraction of sp³-hybridized carbons (Fsp3) is 0.565. The molecule has 28 heavy (non-hydrogen) atoms. The Morgan fingerprint density at radius 2 is 2.14 bits per heavy atom. The summed E-state index contributed by atoms with van der Waals surface area (Å²) in [5, 5.41) is 14.2. The predicted molar refractivity (Wildman–Crippen MR) is 122 cm³/mol.